The van der Waals surface area contributed by atoms with Crippen molar-refractivity contribution in [3.8, 4) is 0 Å². The average molecular weight is 268 g/mol. The van der Waals surface area contributed by atoms with Gasteiger partial charge in [-0.05, 0) is 50.6 Å². The van der Waals surface area contributed by atoms with Crippen molar-refractivity contribution in [2.75, 3.05) is 31.1 Å². The number of hydrogen-bond donors (Lipinski definition) is 2. The second kappa shape index (κ2) is 8.88. The highest BCUT2D eigenvalue weighted by atomic mass is 19.1. The van der Waals surface area contributed by atoms with E-state index in [4.69, 9.17) is 0 Å². The third-order valence-electron chi connectivity index (χ3n) is 3.22. The second-order valence-electron chi connectivity index (χ2n) is 4.68. The first-order valence-corrected chi connectivity index (χ1v) is 7.06. The van der Waals surface area contributed by atoms with E-state index in [0.717, 1.165) is 38.2 Å². The lowest BCUT2D eigenvalue weighted by molar-refractivity contribution is 0.237. The molecule has 0 spiro atoms. The van der Waals surface area contributed by atoms with Crippen LogP contribution in [0, 0.1) is 5.82 Å². The largest absolute Gasteiger partial charge is 0.395 e. The molecular formula is C15H25FN2O. The van der Waals surface area contributed by atoms with Crippen LogP contribution in [0.2, 0.25) is 0 Å². The Hall–Kier alpha value is -1.13. The molecule has 108 valence electrons. The molecule has 4 heteroatoms. The van der Waals surface area contributed by atoms with Crippen molar-refractivity contribution in [3.05, 3.63) is 30.1 Å². The number of nitrogens with zero attached hydrogens (tertiary/aromatic N) is 1. The normalized spacial score (nSPS) is 12.4. The summed E-state index contributed by atoms with van der Waals surface area (Å²) in [6.07, 6.45) is 1.94. The molecule has 0 aliphatic heterocycles. The Bertz CT molecular complexity index is 343. The minimum absolute atomic E-state index is 0.134. The highest BCUT2D eigenvalue weighted by molar-refractivity contribution is 5.45. The van der Waals surface area contributed by atoms with Crippen molar-refractivity contribution in [1.82, 2.24) is 5.32 Å². The Labute approximate surface area is 115 Å². The average Bonchev–Trinajstić information content (AvgIpc) is 2.44. The van der Waals surface area contributed by atoms with Gasteiger partial charge in [0.05, 0.1) is 6.61 Å². The van der Waals surface area contributed by atoms with E-state index in [2.05, 4.69) is 24.1 Å². The van der Waals surface area contributed by atoms with Crippen LogP contribution in [0.5, 0.6) is 0 Å². The summed E-state index contributed by atoms with van der Waals surface area (Å²) in [5.41, 5.74) is 1.02. The van der Waals surface area contributed by atoms with E-state index >= 15 is 0 Å². The summed E-state index contributed by atoms with van der Waals surface area (Å²) in [5, 5.41) is 12.6. The highest BCUT2D eigenvalue weighted by Crippen LogP contribution is 2.15. The number of hydrogen-bond acceptors (Lipinski definition) is 3. The van der Waals surface area contributed by atoms with Crippen LogP contribution in [0.3, 0.4) is 0 Å². The van der Waals surface area contributed by atoms with Crippen LogP contribution in [0.4, 0.5) is 10.1 Å². The monoisotopic (exact) mass is 268 g/mol. The van der Waals surface area contributed by atoms with Gasteiger partial charge in [-0.3, -0.25) is 0 Å². The quantitative estimate of drug-likeness (QED) is 0.722. The van der Waals surface area contributed by atoms with Crippen molar-refractivity contribution in [2.24, 2.45) is 0 Å². The predicted octanol–water partition coefficient (Wildman–Crippen LogP) is 2.40. The van der Waals surface area contributed by atoms with Gasteiger partial charge < -0.3 is 15.3 Å². The SMILES string of the molecule is CCCNC(CO)CCN(CC)c1ccc(F)cc1. The van der Waals surface area contributed by atoms with Crippen molar-refractivity contribution in [2.45, 2.75) is 32.7 Å². The Morgan fingerprint density at radius 2 is 1.95 bits per heavy atom. The van der Waals surface area contributed by atoms with Gasteiger partial charge in [0.2, 0.25) is 0 Å². The maximum Gasteiger partial charge on any atom is 0.123 e. The van der Waals surface area contributed by atoms with Crippen LogP contribution in [0.15, 0.2) is 24.3 Å². The lowest BCUT2D eigenvalue weighted by atomic mass is 10.2. The summed E-state index contributed by atoms with van der Waals surface area (Å²) in [4.78, 5) is 2.19. The highest BCUT2D eigenvalue weighted by Gasteiger charge is 2.10. The molecule has 0 bridgehead atoms. The van der Waals surface area contributed by atoms with Crippen LogP contribution in [-0.4, -0.2) is 37.4 Å². The van der Waals surface area contributed by atoms with Crippen LogP contribution in [0.25, 0.3) is 0 Å². The minimum Gasteiger partial charge on any atom is -0.395 e. The molecule has 0 aliphatic rings. The number of halogens is 1. The number of aliphatic hydroxyl groups excluding tert-OH is 1. The predicted molar refractivity (Wildman–Crippen MR) is 78.1 cm³/mol. The number of benzene rings is 1. The number of anilines is 1. The molecular weight excluding hydrogens is 243 g/mol. The zero-order valence-electron chi connectivity index (χ0n) is 11.9. The van der Waals surface area contributed by atoms with E-state index in [1.807, 2.05) is 0 Å². The Kier molecular flexibility index (Phi) is 7.45. The molecule has 19 heavy (non-hydrogen) atoms. The first kappa shape index (κ1) is 15.9. The van der Waals surface area contributed by atoms with E-state index < -0.39 is 0 Å². The van der Waals surface area contributed by atoms with Crippen molar-refractivity contribution in [3.63, 3.8) is 0 Å². The first-order chi connectivity index (χ1) is 9.21. The van der Waals surface area contributed by atoms with Crippen molar-refractivity contribution in [1.29, 1.82) is 0 Å². The fourth-order valence-corrected chi connectivity index (χ4v) is 2.04. The number of nitrogens with one attached hydrogen (secondary N) is 1. The third-order valence-corrected chi connectivity index (χ3v) is 3.22. The molecule has 1 aromatic rings. The van der Waals surface area contributed by atoms with E-state index in [0.29, 0.717) is 0 Å². The van der Waals surface area contributed by atoms with Crippen LogP contribution in [-0.2, 0) is 0 Å². The topological polar surface area (TPSA) is 35.5 Å². The van der Waals surface area contributed by atoms with Crippen LogP contribution < -0.4 is 10.2 Å². The molecule has 3 nitrogen and oxygen atoms in total. The Morgan fingerprint density at radius 1 is 1.26 bits per heavy atom. The summed E-state index contributed by atoms with van der Waals surface area (Å²) < 4.78 is 12.9. The summed E-state index contributed by atoms with van der Waals surface area (Å²) in [6.45, 7) is 6.99. The van der Waals surface area contributed by atoms with Gasteiger partial charge in [0.15, 0.2) is 0 Å². The maximum absolute atomic E-state index is 12.9. The van der Waals surface area contributed by atoms with Gasteiger partial charge in [-0.15, -0.1) is 0 Å². The number of rotatable bonds is 9. The standard InChI is InChI=1S/C15H25FN2O/c1-3-10-17-14(12-19)9-11-18(4-2)15-7-5-13(16)6-8-15/h5-8,14,17,19H,3-4,9-12H2,1-2H3. The van der Waals surface area contributed by atoms with E-state index in [-0.39, 0.29) is 18.5 Å². The van der Waals surface area contributed by atoms with Gasteiger partial charge in [0.1, 0.15) is 5.82 Å². The Morgan fingerprint density at radius 3 is 2.47 bits per heavy atom. The molecule has 1 atom stereocenters. The molecule has 0 saturated heterocycles. The molecule has 0 fully saturated rings. The molecule has 1 rings (SSSR count). The second-order valence-corrected chi connectivity index (χ2v) is 4.68. The van der Waals surface area contributed by atoms with Crippen LogP contribution >= 0.6 is 0 Å². The molecule has 0 amide bonds. The molecule has 0 saturated carbocycles. The van der Waals surface area contributed by atoms with Gasteiger partial charge in [0.25, 0.3) is 0 Å². The molecule has 2 N–H and O–H groups in total. The lowest BCUT2D eigenvalue weighted by Gasteiger charge is -2.25. The van der Waals surface area contributed by atoms with Gasteiger partial charge in [-0.1, -0.05) is 6.92 Å². The van der Waals surface area contributed by atoms with Crippen LogP contribution in [0.1, 0.15) is 26.7 Å². The van der Waals surface area contributed by atoms with Crippen molar-refractivity contribution < 1.29 is 9.50 Å². The molecule has 0 radical (unpaired) electrons. The van der Waals surface area contributed by atoms with Gasteiger partial charge >= 0.3 is 0 Å². The van der Waals surface area contributed by atoms with E-state index in [9.17, 15) is 9.50 Å². The number of aliphatic hydroxyl groups is 1. The Balaban J connectivity index is 2.49. The van der Waals surface area contributed by atoms with Gasteiger partial charge in [-0.2, -0.15) is 0 Å². The van der Waals surface area contributed by atoms with E-state index in [1.54, 1.807) is 12.1 Å². The summed E-state index contributed by atoms with van der Waals surface area (Å²) >= 11 is 0. The smallest absolute Gasteiger partial charge is 0.123 e. The maximum atomic E-state index is 12.9. The molecule has 0 aromatic heterocycles. The molecule has 0 heterocycles. The lowest BCUT2D eigenvalue weighted by Crippen LogP contribution is -2.37. The van der Waals surface area contributed by atoms with Crippen molar-refractivity contribution >= 4 is 5.69 Å². The van der Waals surface area contributed by atoms with Gasteiger partial charge in [-0.25, -0.2) is 4.39 Å². The zero-order valence-corrected chi connectivity index (χ0v) is 11.9. The summed E-state index contributed by atoms with van der Waals surface area (Å²) in [6, 6.07) is 6.70. The third kappa shape index (κ3) is 5.57. The fourth-order valence-electron chi connectivity index (χ4n) is 2.04. The molecule has 1 aromatic carbocycles. The summed E-state index contributed by atoms with van der Waals surface area (Å²) in [5.74, 6) is -0.211. The fraction of sp³-hybridized carbons (Fsp3) is 0.600. The molecule has 1 unspecified atom stereocenters. The summed E-state index contributed by atoms with van der Waals surface area (Å²) in [7, 11) is 0. The molecule has 0 aliphatic carbocycles. The first-order valence-electron chi connectivity index (χ1n) is 7.06. The van der Waals surface area contributed by atoms with E-state index in [1.165, 1.54) is 12.1 Å². The van der Waals surface area contributed by atoms with Gasteiger partial charge in [0, 0.05) is 24.8 Å². The minimum atomic E-state index is -0.211. The zero-order chi connectivity index (χ0) is 14.1.